The van der Waals surface area contributed by atoms with E-state index in [0.717, 1.165) is 32.1 Å². The number of hydrogen-bond donors (Lipinski definition) is 1. The molecule has 1 saturated heterocycles. The van der Waals surface area contributed by atoms with Gasteiger partial charge in [0.05, 0.1) is 6.10 Å². The fourth-order valence-electron chi connectivity index (χ4n) is 2.30. The van der Waals surface area contributed by atoms with E-state index >= 15 is 0 Å². The zero-order valence-electron chi connectivity index (χ0n) is 7.08. The van der Waals surface area contributed by atoms with Crippen molar-refractivity contribution in [1.29, 1.82) is 0 Å². The molecule has 3 nitrogen and oxygen atoms in total. The van der Waals surface area contributed by atoms with Gasteiger partial charge in [-0.15, -0.1) is 0 Å². The van der Waals surface area contributed by atoms with Crippen molar-refractivity contribution in [3.63, 3.8) is 0 Å². The van der Waals surface area contributed by atoms with Gasteiger partial charge in [-0.1, -0.05) is 0 Å². The Bertz CT molecular complexity index is 202. The maximum absolute atomic E-state index is 11.0. The number of hydrogen-bond acceptors (Lipinski definition) is 3. The van der Waals surface area contributed by atoms with Crippen LogP contribution in [0.3, 0.4) is 0 Å². The first-order valence-electron chi connectivity index (χ1n) is 4.63. The number of esters is 1. The number of rotatable bonds is 0. The second kappa shape index (κ2) is 2.73. The van der Waals surface area contributed by atoms with Gasteiger partial charge in [-0.25, -0.2) is 0 Å². The van der Waals surface area contributed by atoms with Gasteiger partial charge >= 0.3 is 5.97 Å². The van der Waals surface area contributed by atoms with Crippen LogP contribution in [-0.2, 0) is 9.53 Å². The summed E-state index contributed by atoms with van der Waals surface area (Å²) in [5.74, 6) is -0.137. The molecule has 0 aromatic rings. The summed E-state index contributed by atoms with van der Waals surface area (Å²) in [6, 6.07) is 0. The summed E-state index contributed by atoms with van der Waals surface area (Å²) in [7, 11) is 0. The summed E-state index contributed by atoms with van der Waals surface area (Å²) >= 11 is 0. The summed E-state index contributed by atoms with van der Waals surface area (Å²) in [6.07, 6.45) is 4.44. The Labute approximate surface area is 71.7 Å². The van der Waals surface area contributed by atoms with Crippen LogP contribution in [0.25, 0.3) is 0 Å². The van der Waals surface area contributed by atoms with Gasteiger partial charge in [0.25, 0.3) is 0 Å². The maximum atomic E-state index is 11.0. The summed E-state index contributed by atoms with van der Waals surface area (Å²) in [5, 5.41) is 9.64. The van der Waals surface area contributed by atoms with Crippen molar-refractivity contribution in [3.05, 3.63) is 0 Å². The molecule has 2 fully saturated rings. The van der Waals surface area contributed by atoms with Crippen molar-refractivity contribution in [3.8, 4) is 0 Å². The van der Waals surface area contributed by atoms with E-state index in [2.05, 4.69) is 0 Å². The Balaban J connectivity index is 2.13. The molecule has 0 radical (unpaired) electrons. The molecule has 0 bridgehead atoms. The highest BCUT2D eigenvalue weighted by molar-refractivity contribution is 5.70. The van der Waals surface area contributed by atoms with Gasteiger partial charge in [0.2, 0.25) is 0 Å². The van der Waals surface area contributed by atoms with Gasteiger partial charge in [-0.05, 0) is 32.1 Å². The van der Waals surface area contributed by atoms with E-state index in [0.29, 0.717) is 6.42 Å². The topological polar surface area (TPSA) is 46.5 Å². The highest BCUT2D eigenvalue weighted by Crippen LogP contribution is 2.40. The van der Waals surface area contributed by atoms with Crippen molar-refractivity contribution >= 4 is 5.97 Å². The van der Waals surface area contributed by atoms with E-state index in [1.807, 2.05) is 0 Å². The molecular weight excluding hydrogens is 156 g/mol. The molecule has 1 aliphatic carbocycles. The van der Waals surface area contributed by atoms with Crippen LogP contribution in [0.5, 0.6) is 0 Å². The van der Waals surface area contributed by atoms with Crippen molar-refractivity contribution in [2.75, 3.05) is 0 Å². The number of ether oxygens (including phenoxy) is 1. The Morgan fingerprint density at radius 1 is 1.42 bits per heavy atom. The summed E-state index contributed by atoms with van der Waals surface area (Å²) in [4.78, 5) is 11.0. The number of aliphatic hydroxyl groups is 1. The van der Waals surface area contributed by atoms with Gasteiger partial charge < -0.3 is 9.84 Å². The molecule has 1 spiro atoms. The Morgan fingerprint density at radius 2 is 2.17 bits per heavy atom. The fourth-order valence-corrected chi connectivity index (χ4v) is 2.30. The lowest BCUT2D eigenvalue weighted by Crippen LogP contribution is -2.44. The van der Waals surface area contributed by atoms with E-state index in [9.17, 15) is 9.90 Å². The lowest BCUT2D eigenvalue weighted by Gasteiger charge is -2.35. The SMILES string of the molecule is O=C1CCCC2(CCCC2O)O1. The molecule has 0 amide bonds. The van der Waals surface area contributed by atoms with Crippen LogP contribution in [0.15, 0.2) is 0 Å². The van der Waals surface area contributed by atoms with Crippen LogP contribution >= 0.6 is 0 Å². The maximum Gasteiger partial charge on any atom is 0.306 e. The van der Waals surface area contributed by atoms with Gasteiger partial charge in [0, 0.05) is 6.42 Å². The number of aliphatic hydroxyl groups excluding tert-OH is 1. The molecule has 1 aliphatic heterocycles. The summed E-state index contributed by atoms with van der Waals surface area (Å²) in [5.41, 5.74) is -0.491. The quantitative estimate of drug-likeness (QED) is 0.551. The highest BCUT2D eigenvalue weighted by Gasteiger charge is 2.46. The molecule has 2 atom stereocenters. The minimum atomic E-state index is -0.491. The normalized spacial score (nSPS) is 41.8. The molecule has 12 heavy (non-hydrogen) atoms. The van der Waals surface area contributed by atoms with E-state index in [1.54, 1.807) is 0 Å². The van der Waals surface area contributed by atoms with E-state index in [-0.39, 0.29) is 5.97 Å². The van der Waals surface area contributed by atoms with E-state index in [1.165, 1.54) is 0 Å². The Morgan fingerprint density at radius 3 is 2.75 bits per heavy atom. The van der Waals surface area contributed by atoms with Crippen molar-refractivity contribution in [1.82, 2.24) is 0 Å². The fraction of sp³-hybridized carbons (Fsp3) is 0.889. The molecular formula is C9H14O3. The third-order valence-electron chi connectivity index (χ3n) is 2.98. The molecule has 1 N–H and O–H groups in total. The predicted molar refractivity (Wildman–Crippen MR) is 42.5 cm³/mol. The molecule has 2 aliphatic rings. The lowest BCUT2D eigenvalue weighted by atomic mass is 9.90. The van der Waals surface area contributed by atoms with Crippen LogP contribution in [-0.4, -0.2) is 22.8 Å². The van der Waals surface area contributed by atoms with Crippen LogP contribution < -0.4 is 0 Å². The summed E-state index contributed by atoms with van der Waals surface area (Å²) < 4.78 is 5.26. The molecule has 2 rings (SSSR count). The molecule has 68 valence electrons. The monoisotopic (exact) mass is 170 g/mol. The molecule has 1 saturated carbocycles. The second-order valence-corrected chi connectivity index (χ2v) is 3.80. The Kier molecular flexibility index (Phi) is 1.83. The average molecular weight is 170 g/mol. The standard InChI is InChI=1S/C9H14O3/c10-7-3-1-5-9(7)6-2-4-8(11)12-9/h7,10H,1-6H2. The molecule has 2 unspecified atom stereocenters. The summed E-state index contributed by atoms with van der Waals surface area (Å²) in [6.45, 7) is 0. The van der Waals surface area contributed by atoms with Gasteiger partial charge in [-0.2, -0.15) is 0 Å². The van der Waals surface area contributed by atoms with Crippen LogP contribution in [0, 0.1) is 0 Å². The van der Waals surface area contributed by atoms with Gasteiger partial charge in [0.1, 0.15) is 5.60 Å². The van der Waals surface area contributed by atoms with Crippen molar-refractivity contribution in [2.24, 2.45) is 0 Å². The van der Waals surface area contributed by atoms with Crippen LogP contribution in [0.1, 0.15) is 38.5 Å². The highest BCUT2D eigenvalue weighted by atomic mass is 16.6. The largest absolute Gasteiger partial charge is 0.456 e. The molecule has 1 heterocycles. The number of carbonyl (C=O) groups excluding carboxylic acids is 1. The predicted octanol–water partition coefficient (Wildman–Crippen LogP) is 0.997. The minimum Gasteiger partial charge on any atom is -0.456 e. The second-order valence-electron chi connectivity index (χ2n) is 3.80. The first-order chi connectivity index (χ1) is 5.73. The zero-order valence-corrected chi connectivity index (χ0v) is 7.08. The molecule has 0 aromatic carbocycles. The Hall–Kier alpha value is -0.570. The first-order valence-corrected chi connectivity index (χ1v) is 4.63. The average Bonchev–Trinajstić information content (AvgIpc) is 2.33. The third kappa shape index (κ3) is 1.12. The third-order valence-corrected chi connectivity index (χ3v) is 2.98. The van der Waals surface area contributed by atoms with E-state index < -0.39 is 11.7 Å². The van der Waals surface area contributed by atoms with Crippen molar-refractivity contribution in [2.45, 2.75) is 50.2 Å². The number of carbonyl (C=O) groups is 1. The molecule has 0 aromatic heterocycles. The van der Waals surface area contributed by atoms with E-state index in [4.69, 9.17) is 4.74 Å². The first kappa shape index (κ1) is 8.05. The lowest BCUT2D eigenvalue weighted by molar-refractivity contribution is -0.178. The van der Waals surface area contributed by atoms with Gasteiger partial charge in [0.15, 0.2) is 0 Å². The molecule has 3 heteroatoms. The van der Waals surface area contributed by atoms with Crippen LogP contribution in [0.4, 0.5) is 0 Å². The minimum absolute atomic E-state index is 0.137. The van der Waals surface area contributed by atoms with Crippen LogP contribution in [0.2, 0.25) is 0 Å². The van der Waals surface area contributed by atoms with Gasteiger partial charge in [-0.3, -0.25) is 4.79 Å². The zero-order chi connectivity index (χ0) is 8.60. The smallest absolute Gasteiger partial charge is 0.306 e. The van der Waals surface area contributed by atoms with Crippen molar-refractivity contribution < 1.29 is 14.6 Å².